The Hall–Kier alpha value is -2.93. The number of hydrogen-bond donors (Lipinski definition) is 3. The zero-order chi connectivity index (χ0) is 22.6. The van der Waals surface area contributed by atoms with E-state index in [0.29, 0.717) is 6.61 Å². The van der Waals surface area contributed by atoms with Crippen molar-refractivity contribution in [1.29, 1.82) is 0 Å². The quantitative estimate of drug-likeness (QED) is 0.257. The molecule has 1 aromatic heterocycles. The Balaban J connectivity index is 0.00000274. The summed E-state index contributed by atoms with van der Waals surface area (Å²) in [5.74, 6) is 1.36. The number of hydrogen-bond acceptors (Lipinski definition) is 6. The van der Waals surface area contributed by atoms with E-state index in [-0.39, 0.29) is 23.9 Å². The summed E-state index contributed by atoms with van der Waals surface area (Å²) in [5, 5.41) is 24.2. The molecule has 5 nitrogen and oxygen atoms in total. The number of rotatable bonds is 7. The lowest BCUT2D eigenvalue weighted by Gasteiger charge is -2.26. The molecule has 0 aliphatic carbocycles. The molecule has 3 aromatic carbocycles. The first kappa shape index (κ1) is 24.2. The Labute approximate surface area is 210 Å². The van der Waals surface area contributed by atoms with E-state index < -0.39 is 0 Å². The molecular formula is C27H29ClN2O3S. The summed E-state index contributed by atoms with van der Waals surface area (Å²) < 4.78 is 6.97. The smallest absolute Gasteiger partial charge is 0.119 e. The van der Waals surface area contributed by atoms with Gasteiger partial charge in [0.1, 0.15) is 23.9 Å². The van der Waals surface area contributed by atoms with Gasteiger partial charge < -0.3 is 20.3 Å². The number of nitrogens with one attached hydrogen (secondary N) is 1. The number of halogens is 1. The maximum absolute atomic E-state index is 9.95. The molecule has 0 spiro atoms. The fourth-order valence-corrected chi connectivity index (χ4v) is 5.48. The van der Waals surface area contributed by atoms with Crippen LogP contribution >= 0.6 is 23.7 Å². The van der Waals surface area contributed by atoms with Crippen LogP contribution in [0.25, 0.3) is 20.5 Å². The molecule has 34 heavy (non-hydrogen) atoms. The summed E-state index contributed by atoms with van der Waals surface area (Å²) in [5.41, 5.74) is 2.96. The predicted molar refractivity (Wildman–Crippen MR) is 143 cm³/mol. The highest BCUT2D eigenvalue weighted by Gasteiger charge is 2.15. The van der Waals surface area contributed by atoms with Crippen molar-refractivity contribution in [3.8, 4) is 27.7 Å². The van der Waals surface area contributed by atoms with Crippen LogP contribution in [0.5, 0.6) is 17.2 Å². The minimum atomic E-state index is 0. The Kier molecular flexibility index (Phi) is 7.83. The van der Waals surface area contributed by atoms with Crippen molar-refractivity contribution in [3.05, 3.63) is 66.7 Å². The van der Waals surface area contributed by atoms with Crippen molar-refractivity contribution in [2.75, 3.05) is 31.6 Å². The largest absolute Gasteiger partial charge is 0.508 e. The lowest BCUT2D eigenvalue weighted by molar-refractivity contribution is 0.183. The van der Waals surface area contributed by atoms with Crippen LogP contribution in [0.2, 0.25) is 0 Å². The second-order valence-corrected chi connectivity index (χ2v) is 9.49. The molecule has 0 saturated carbocycles. The summed E-state index contributed by atoms with van der Waals surface area (Å²) in [6.45, 7) is 4.05. The van der Waals surface area contributed by atoms with Crippen LogP contribution in [0.4, 0.5) is 11.4 Å². The maximum Gasteiger partial charge on any atom is 0.119 e. The first-order valence-corrected chi connectivity index (χ1v) is 12.2. The number of thiophene rings is 1. The number of nitrogens with zero attached hydrogens (tertiary/aromatic N) is 1. The number of ether oxygens (including phenoxy) is 1. The van der Waals surface area contributed by atoms with Crippen LogP contribution in [0.15, 0.2) is 66.7 Å². The Morgan fingerprint density at radius 1 is 0.853 bits per heavy atom. The Morgan fingerprint density at radius 3 is 2.29 bits per heavy atom. The third-order valence-corrected chi connectivity index (χ3v) is 7.25. The van der Waals surface area contributed by atoms with E-state index in [1.54, 1.807) is 35.6 Å². The topological polar surface area (TPSA) is 65.0 Å². The van der Waals surface area contributed by atoms with Gasteiger partial charge in [-0.2, -0.15) is 0 Å². The molecule has 1 fully saturated rings. The third-order valence-electron chi connectivity index (χ3n) is 6.05. The summed E-state index contributed by atoms with van der Waals surface area (Å²) in [6.07, 6.45) is 3.94. The summed E-state index contributed by atoms with van der Waals surface area (Å²) in [7, 11) is 0. The summed E-state index contributed by atoms with van der Waals surface area (Å²) in [4.78, 5) is 3.53. The van der Waals surface area contributed by atoms with Gasteiger partial charge in [0.15, 0.2) is 0 Å². The zero-order valence-electron chi connectivity index (χ0n) is 18.9. The molecule has 2 heterocycles. The monoisotopic (exact) mass is 496 g/mol. The molecule has 1 saturated heterocycles. The van der Waals surface area contributed by atoms with Crippen LogP contribution in [-0.2, 0) is 0 Å². The number of likely N-dealkylation sites (tertiary alicyclic amines) is 1. The number of aromatic hydroxyl groups is 2. The Morgan fingerprint density at radius 2 is 1.56 bits per heavy atom. The molecule has 0 radical (unpaired) electrons. The molecule has 0 bridgehead atoms. The van der Waals surface area contributed by atoms with Crippen molar-refractivity contribution < 1.29 is 14.9 Å². The average molecular weight is 497 g/mol. The van der Waals surface area contributed by atoms with Crippen molar-refractivity contribution >= 4 is 45.2 Å². The highest BCUT2D eigenvalue weighted by molar-refractivity contribution is 7.23. The van der Waals surface area contributed by atoms with Crippen LogP contribution < -0.4 is 10.1 Å². The standard InChI is InChI=1S/C27H28N2O3S.ClH/c30-21-8-4-19(5-9-21)27-26(24-13-10-22(31)18-25(24)33-27)28-20-6-11-23(12-7-20)32-17-16-29-14-2-1-3-15-29;/h4-13,18,28,30-31H,1-3,14-17H2;1H. The van der Waals surface area contributed by atoms with Crippen molar-refractivity contribution in [2.24, 2.45) is 0 Å². The lowest BCUT2D eigenvalue weighted by Crippen LogP contribution is -2.33. The van der Waals surface area contributed by atoms with Gasteiger partial charge in [-0.1, -0.05) is 6.42 Å². The number of phenols is 2. The average Bonchev–Trinajstić information content (AvgIpc) is 3.18. The van der Waals surface area contributed by atoms with Crippen LogP contribution in [0.3, 0.4) is 0 Å². The van der Waals surface area contributed by atoms with Crippen LogP contribution in [0.1, 0.15) is 19.3 Å². The number of anilines is 2. The van der Waals surface area contributed by atoms with E-state index in [1.807, 2.05) is 42.5 Å². The normalized spacial score (nSPS) is 14.0. The Bertz CT molecular complexity index is 1220. The third kappa shape index (κ3) is 5.58. The summed E-state index contributed by atoms with van der Waals surface area (Å²) >= 11 is 1.61. The van der Waals surface area contributed by atoms with Gasteiger partial charge >= 0.3 is 0 Å². The molecule has 5 rings (SSSR count). The van der Waals surface area contributed by atoms with Crippen LogP contribution in [0, 0.1) is 0 Å². The number of phenolic OH excluding ortho intramolecular Hbond substituents is 2. The van der Waals surface area contributed by atoms with E-state index in [9.17, 15) is 10.2 Å². The number of fused-ring (bicyclic) bond motifs is 1. The van der Waals surface area contributed by atoms with E-state index in [4.69, 9.17) is 4.74 Å². The zero-order valence-corrected chi connectivity index (χ0v) is 20.5. The second-order valence-electron chi connectivity index (χ2n) is 8.43. The van der Waals surface area contributed by atoms with Gasteiger partial charge in [0.05, 0.1) is 10.6 Å². The number of benzene rings is 3. The van der Waals surface area contributed by atoms with Gasteiger partial charge in [-0.05, 0) is 98.2 Å². The molecule has 1 aliphatic heterocycles. The number of piperidine rings is 1. The summed E-state index contributed by atoms with van der Waals surface area (Å²) in [6, 6.07) is 20.7. The molecule has 0 atom stereocenters. The SMILES string of the molecule is Cl.Oc1ccc(-c2sc3cc(O)ccc3c2Nc2ccc(OCCN3CCCCC3)cc2)cc1. The molecule has 4 aromatic rings. The van der Waals surface area contributed by atoms with Crippen molar-refractivity contribution in [2.45, 2.75) is 19.3 Å². The molecule has 1 aliphatic rings. The van der Waals surface area contributed by atoms with Gasteiger partial charge in [0, 0.05) is 22.3 Å². The fourth-order valence-electron chi connectivity index (χ4n) is 4.28. The predicted octanol–water partition coefficient (Wildman–Crippen LogP) is 7.01. The van der Waals surface area contributed by atoms with Crippen molar-refractivity contribution in [1.82, 2.24) is 4.90 Å². The lowest BCUT2D eigenvalue weighted by atomic mass is 10.1. The van der Waals surface area contributed by atoms with Gasteiger partial charge in [-0.3, -0.25) is 4.90 Å². The maximum atomic E-state index is 9.95. The molecular weight excluding hydrogens is 468 g/mol. The highest BCUT2D eigenvalue weighted by Crippen LogP contribution is 2.45. The highest BCUT2D eigenvalue weighted by atomic mass is 35.5. The van der Waals surface area contributed by atoms with E-state index >= 15 is 0 Å². The van der Waals surface area contributed by atoms with E-state index in [2.05, 4.69) is 10.2 Å². The second kappa shape index (κ2) is 11.0. The molecule has 178 valence electrons. The van der Waals surface area contributed by atoms with Crippen LogP contribution in [-0.4, -0.2) is 41.4 Å². The minimum Gasteiger partial charge on any atom is -0.508 e. The first-order valence-electron chi connectivity index (χ1n) is 11.4. The molecule has 7 heteroatoms. The van der Waals surface area contributed by atoms with Crippen molar-refractivity contribution in [3.63, 3.8) is 0 Å². The van der Waals surface area contributed by atoms with Gasteiger partial charge in [-0.15, -0.1) is 23.7 Å². The molecule has 0 unspecified atom stereocenters. The van der Waals surface area contributed by atoms with E-state index in [1.165, 1.54) is 32.4 Å². The minimum absolute atomic E-state index is 0. The van der Waals surface area contributed by atoms with Gasteiger partial charge in [-0.25, -0.2) is 0 Å². The molecule has 3 N–H and O–H groups in total. The van der Waals surface area contributed by atoms with Gasteiger partial charge in [0.25, 0.3) is 0 Å². The first-order chi connectivity index (χ1) is 16.2. The van der Waals surface area contributed by atoms with Gasteiger partial charge in [0.2, 0.25) is 0 Å². The van der Waals surface area contributed by atoms with E-state index in [0.717, 1.165) is 44.2 Å². The molecule has 0 amide bonds. The fraction of sp³-hybridized carbons (Fsp3) is 0.259.